The molecule has 1 aliphatic carbocycles. The van der Waals surface area contributed by atoms with Crippen LogP contribution in [-0.2, 0) is 11.2 Å². The van der Waals surface area contributed by atoms with Gasteiger partial charge in [0.1, 0.15) is 5.75 Å². The second kappa shape index (κ2) is 7.64. The Balaban J connectivity index is 1.82. The summed E-state index contributed by atoms with van der Waals surface area (Å²) in [5, 5.41) is 2.74. The van der Waals surface area contributed by atoms with E-state index >= 15 is 0 Å². The van der Waals surface area contributed by atoms with Crippen LogP contribution >= 0.6 is 0 Å². The molecule has 2 atom stereocenters. The van der Waals surface area contributed by atoms with Crippen molar-refractivity contribution in [1.29, 1.82) is 0 Å². The fraction of sp³-hybridized carbons (Fsp3) is 0.400. The molecule has 0 radical (unpaired) electrons. The van der Waals surface area contributed by atoms with E-state index in [1.54, 1.807) is 7.11 Å². The minimum atomic E-state index is -0.110. The average molecular weight is 353 g/mol. The Morgan fingerprint density at radius 2 is 2.04 bits per heavy atom. The lowest BCUT2D eigenvalue weighted by Gasteiger charge is -2.23. The molecule has 1 aliphatic rings. The number of ketones is 1. The van der Waals surface area contributed by atoms with E-state index in [2.05, 4.69) is 15.3 Å². The number of fused-ring (bicyclic) bond motifs is 1. The zero-order valence-electron chi connectivity index (χ0n) is 15.3. The number of nitrogens with zero attached hydrogens (tertiary/aromatic N) is 2. The molecule has 1 aromatic heterocycles. The van der Waals surface area contributed by atoms with E-state index < -0.39 is 0 Å². The molecule has 1 aromatic carbocycles. The number of benzene rings is 1. The highest BCUT2D eigenvalue weighted by Gasteiger charge is 2.28. The largest absolute Gasteiger partial charge is 0.497 e. The Labute approximate surface area is 153 Å². The Morgan fingerprint density at radius 3 is 2.69 bits per heavy atom. The lowest BCUT2D eigenvalue weighted by atomic mass is 9.82. The van der Waals surface area contributed by atoms with E-state index in [1.807, 2.05) is 38.1 Å². The Kier molecular flexibility index (Phi) is 5.30. The summed E-state index contributed by atoms with van der Waals surface area (Å²) < 4.78 is 5.19. The number of aromatic nitrogens is 2. The number of Topliss-reactive ketones (excluding diaryl/α,β-unsaturated/α-hetero) is 1. The van der Waals surface area contributed by atoms with Gasteiger partial charge >= 0.3 is 0 Å². The first-order chi connectivity index (χ1) is 12.5. The van der Waals surface area contributed by atoms with E-state index in [1.165, 1.54) is 6.20 Å². The van der Waals surface area contributed by atoms with Crippen LogP contribution in [0, 0.1) is 5.92 Å². The van der Waals surface area contributed by atoms with Gasteiger partial charge in [0.15, 0.2) is 5.78 Å². The molecule has 136 valence electrons. The van der Waals surface area contributed by atoms with Gasteiger partial charge < -0.3 is 4.74 Å². The van der Waals surface area contributed by atoms with Crippen LogP contribution in [0.15, 0.2) is 30.5 Å². The Bertz CT molecular complexity index is 818. The number of anilines is 1. The first kappa shape index (κ1) is 18.0. The molecule has 1 amide bonds. The molecule has 0 spiro atoms. The van der Waals surface area contributed by atoms with Crippen LogP contribution in [0.4, 0.5) is 5.95 Å². The summed E-state index contributed by atoms with van der Waals surface area (Å²) in [6.07, 6.45) is 3.35. The van der Waals surface area contributed by atoms with Gasteiger partial charge in [-0.1, -0.05) is 26.0 Å². The van der Waals surface area contributed by atoms with Crippen molar-refractivity contribution < 1.29 is 14.3 Å². The van der Waals surface area contributed by atoms with Crippen LogP contribution in [-0.4, -0.2) is 28.8 Å². The minimum absolute atomic E-state index is 0.0341. The van der Waals surface area contributed by atoms with E-state index in [4.69, 9.17) is 4.74 Å². The molecule has 2 aromatic rings. The number of nitrogens with one attached hydrogen (secondary N) is 1. The molecule has 0 saturated carbocycles. The highest BCUT2D eigenvalue weighted by Crippen LogP contribution is 2.32. The molecule has 0 bridgehead atoms. The maximum Gasteiger partial charge on any atom is 0.229 e. The predicted octanol–water partition coefficient (Wildman–Crippen LogP) is 3.38. The molecule has 1 heterocycles. The predicted molar refractivity (Wildman–Crippen MR) is 98.5 cm³/mol. The third-order valence-corrected chi connectivity index (χ3v) is 4.92. The molecule has 26 heavy (non-hydrogen) atoms. The SMILES string of the molecule is CC[C@H](C)C(=O)Nc1ncc2c(n1)C[C@@H](c1ccc(OC)cc1)CC2=O. The van der Waals surface area contributed by atoms with Crippen molar-refractivity contribution in [2.75, 3.05) is 12.4 Å². The second-order valence-electron chi connectivity index (χ2n) is 6.65. The van der Waals surface area contributed by atoms with Gasteiger partial charge in [0.05, 0.1) is 18.4 Å². The molecule has 0 aliphatic heterocycles. The van der Waals surface area contributed by atoms with Crippen LogP contribution < -0.4 is 10.1 Å². The topological polar surface area (TPSA) is 81.2 Å². The zero-order valence-corrected chi connectivity index (χ0v) is 15.3. The van der Waals surface area contributed by atoms with Crippen molar-refractivity contribution in [3.05, 3.63) is 47.3 Å². The third kappa shape index (κ3) is 3.74. The third-order valence-electron chi connectivity index (χ3n) is 4.92. The molecular weight excluding hydrogens is 330 g/mol. The summed E-state index contributed by atoms with van der Waals surface area (Å²) in [7, 11) is 1.63. The smallest absolute Gasteiger partial charge is 0.229 e. The van der Waals surface area contributed by atoms with Gasteiger partial charge in [0, 0.05) is 18.5 Å². The maximum absolute atomic E-state index is 12.5. The van der Waals surface area contributed by atoms with E-state index in [-0.39, 0.29) is 29.5 Å². The molecule has 1 N–H and O–H groups in total. The number of methoxy groups -OCH3 is 1. The first-order valence-corrected chi connectivity index (χ1v) is 8.85. The van der Waals surface area contributed by atoms with Gasteiger partial charge in [0.25, 0.3) is 0 Å². The molecule has 3 rings (SSSR count). The minimum Gasteiger partial charge on any atom is -0.497 e. The van der Waals surface area contributed by atoms with Gasteiger partial charge in [-0.3, -0.25) is 14.9 Å². The molecular formula is C20H23N3O3. The van der Waals surface area contributed by atoms with Crippen LogP contribution in [0.2, 0.25) is 0 Å². The summed E-state index contributed by atoms with van der Waals surface area (Å²) >= 11 is 0. The highest BCUT2D eigenvalue weighted by atomic mass is 16.5. The average Bonchev–Trinajstić information content (AvgIpc) is 2.67. The lowest BCUT2D eigenvalue weighted by Crippen LogP contribution is -2.24. The normalized spacial score (nSPS) is 17.3. The van der Waals surface area contributed by atoms with E-state index in [9.17, 15) is 9.59 Å². The van der Waals surface area contributed by atoms with Crippen molar-refractivity contribution >= 4 is 17.6 Å². The summed E-state index contributed by atoms with van der Waals surface area (Å²) in [4.78, 5) is 33.1. The van der Waals surface area contributed by atoms with E-state index in [0.717, 1.165) is 17.7 Å². The van der Waals surface area contributed by atoms with Gasteiger partial charge in [-0.15, -0.1) is 0 Å². The number of carbonyl (C=O) groups is 2. The van der Waals surface area contributed by atoms with Gasteiger partial charge in [0.2, 0.25) is 11.9 Å². The lowest BCUT2D eigenvalue weighted by molar-refractivity contribution is -0.119. The maximum atomic E-state index is 12.5. The summed E-state index contributed by atoms with van der Waals surface area (Å²) in [6, 6.07) is 7.75. The van der Waals surface area contributed by atoms with Crippen LogP contribution in [0.5, 0.6) is 5.75 Å². The second-order valence-corrected chi connectivity index (χ2v) is 6.65. The van der Waals surface area contributed by atoms with Crippen molar-refractivity contribution in [2.24, 2.45) is 5.92 Å². The number of hydrogen-bond acceptors (Lipinski definition) is 5. The monoisotopic (exact) mass is 353 g/mol. The summed E-state index contributed by atoms with van der Waals surface area (Å²) in [5.74, 6) is 0.927. The van der Waals surface area contributed by atoms with Crippen molar-refractivity contribution in [3.8, 4) is 5.75 Å². The molecule has 6 heteroatoms. The highest BCUT2D eigenvalue weighted by molar-refractivity contribution is 5.99. The van der Waals surface area contributed by atoms with Crippen molar-refractivity contribution in [2.45, 2.75) is 39.0 Å². The fourth-order valence-corrected chi connectivity index (χ4v) is 3.04. The molecule has 0 saturated heterocycles. The van der Waals surface area contributed by atoms with Crippen LogP contribution in [0.1, 0.15) is 54.2 Å². The molecule has 0 unspecified atom stereocenters. The number of carbonyl (C=O) groups excluding carboxylic acids is 2. The fourth-order valence-electron chi connectivity index (χ4n) is 3.04. The number of ether oxygens (including phenoxy) is 1. The number of hydrogen-bond donors (Lipinski definition) is 1. The van der Waals surface area contributed by atoms with Gasteiger partial charge in [-0.05, 0) is 36.5 Å². The number of amides is 1. The Morgan fingerprint density at radius 1 is 1.31 bits per heavy atom. The standard InChI is InChI=1S/C20H23N3O3/c1-4-12(2)19(25)23-20-21-11-16-17(22-20)9-14(10-18(16)24)13-5-7-15(26-3)8-6-13/h5-8,11-12,14H,4,9-10H2,1-3H3,(H,21,22,23,25)/t12-,14+/m0/s1. The summed E-state index contributed by atoms with van der Waals surface area (Å²) in [6.45, 7) is 3.81. The number of rotatable bonds is 5. The zero-order chi connectivity index (χ0) is 18.7. The summed E-state index contributed by atoms with van der Waals surface area (Å²) in [5.41, 5.74) is 2.32. The van der Waals surface area contributed by atoms with Crippen LogP contribution in [0.3, 0.4) is 0 Å². The van der Waals surface area contributed by atoms with Crippen molar-refractivity contribution in [3.63, 3.8) is 0 Å². The van der Waals surface area contributed by atoms with E-state index in [0.29, 0.717) is 24.1 Å². The van der Waals surface area contributed by atoms with Crippen molar-refractivity contribution in [1.82, 2.24) is 9.97 Å². The molecule has 6 nitrogen and oxygen atoms in total. The first-order valence-electron chi connectivity index (χ1n) is 8.85. The molecule has 0 fully saturated rings. The van der Waals surface area contributed by atoms with Gasteiger partial charge in [-0.25, -0.2) is 9.97 Å². The van der Waals surface area contributed by atoms with Gasteiger partial charge in [-0.2, -0.15) is 0 Å². The quantitative estimate of drug-likeness (QED) is 0.891. The Hall–Kier alpha value is -2.76. The van der Waals surface area contributed by atoms with Crippen LogP contribution in [0.25, 0.3) is 0 Å².